The third kappa shape index (κ3) is 7.54. The Morgan fingerprint density at radius 1 is 0.500 bits per heavy atom. The quantitative estimate of drug-likeness (QED) is 0.264. The number of allylic oxidation sites excluding steroid dienone is 2. The van der Waals surface area contributed by atoms with Crippen LogP contribution in [0.25, 0.3) is 11.1 Å². The Kier molecular flexibility index (Phi) is 10.8. The number of thiophene rings is 2. The molecule has 2 aromatic heterocycles. The van der Waals surface area contributed by atoms with E-state index in [2.05, 4.69) is 91.8 Å². The van der Waals surface area contributed by atoms with Crippen LogP contribution in [0.1, 0.15) is 20.9 Å². The van der Waals surface area contributed by atoms with Crippen molar-refractivity contribution in [2.75, 3.05) is 115 Å². The van der Waals surface area contributed by atoms with Crippen molar-refractivity contribution in [2.45, 2.75) is 0 Å². The summed E-state index contributed by atoms with van der Waals surface area (Å²) in [5.74, 6) is 0. The molecule has 4 fully saturated rings. The number of thioether (sulfide) groups is 2. The molecule has 6 aliphatic rings. The van der Waals surface area contributed by atoms with Crippen LogP contribution >= 0.6 is 46.2 Å². The summed E-state index contributed by atoms with van der Waals surface area (Å²) < 4.78 is 27.7. The van der Waals surface area contributed by atoms with Gasteiger partial charge in [0.15, 0.2) is 26.2 Å². The largest absolute Gasteiger partial charge is 0.378 e. The molecule has 0 amide bonds. The normalized spacial score (nSPS) is 23.3. The second kappa shape index (κ2) is 16.2. The van der Waals surface area contributed by atoms with Crippen molar-refractivity contribution in [1.29, 1.82) is 0 Å². The molecule has 6 aliphatic heterocycles. The minimum absolute atomic E-state index is 0.782. The molecule has 0 bridgehead atoms. The van der Waals surface area contributed by atoms with Gasteiger partial charge in [0, 0.05) is 69.0 Å². The van der Waals surface area contributed by atoms with Gasteiger partial charge >= 0.3 is 0 Å². The molecule has 3 aromatic rings. The highest BCUT2D eigenvalue weighted by Crippen LogP contribution is 2.45. The van der Waals surface area contributed by atoms with E-state index < -0.39 is 0 Å². The van der Waals surface area contributed by atoms with Crippen LogP contribution in [-0.4, -0.2) is 124 Å². The van der Waals surface area contributed by atoms with E-state index in [1.54, 1.807) is 0 Å². The lowest BCUT2D eigenvalue weighted by Crippen LogP contribution is -2.35. The number of nitrogens with zero attached hydrogens (tertiary/aromatic N) is 4. The van der Waals surface area contributed by atoms with Crippen molar-refractivity contribution in [1.82, 2.24) is 0 Å². The zero-order chi connectivity index (χ0) is 34.7. The fourth-order valence-electron chi connectivity index (χ4n) is 7.31. The smallest absolute Gasteiger partial charge is 0.239 e. The van der Waals surface area contributed by atoms with Gasteiger partial charge in [0.05, 0.1) is 36.4 Å². The molecule has 9 rings (SSSR count). The SMILES string of the molecule is C1=C/C(=C(\c2cccc(/C(=C3\C=CC(=[N+]4CCOCC4)S3)c3ccc(N4CCOCC4)s3)c2)c2ccc(N3CCOCC3)s2)SC1=[N+]1CCOCC1. The van der Waals surface area contributed by atoms with Gasteiger partial charge in [-0.1, -0.05) is 18.2 Å². The molecule has 52 heavy (non-hydrogen) atoms. The van der Waals surface area contributed by atoms with E-state index in [1.807, 2.05) is 46.2 Å². The number of hydrogen-bond donors (Lipinski definition) is 0. The Hall–Kier alpha value is -2.94. The van der Waals surface area contributed by atoms with Crippen LogP contribution in [0.2, 0.25) is 0 Å². The van der Waals surface area contributed by atoms with E-state index in [0.29, 0.717) is 0 Å². The number of anilines is 2. The van der Waals surface area contributed by atoms with E-state index in [9.17, 15) is 0 Å². The van der Waals surface area contributed by atoms with E-state index in [-0.39, 0.29) is 0 Å². The van der Waals surface area contributed by atoms with Crippen LogP contribution in [0.15, 0.2) is 82.6 Å². The standard InChI is InChI=1S/C40H44N4O4S4/c1-2-29(39(31-4-8-35(49-31)41-12-20-45-21-13-41)32-5-9-36(50-32)42-14-22-46-23-15-42)28-30(3-1)40(33-6-10-37(51-33)43-16-24-47-25-17-43)34-7-11-38(52-34)44-18-26-48-27-19-44/h1-11,28H,12-27H2/q+2. The molecule has 0 atom stereocenters. The monoisotopic (exact) mass is 772 g/mol. The lowest BCUT2D eigenvalue weighted by Gasteiger charge is -2.27. The summed E-state index contributed by atoms with van der Waals surface area (Å²) in [6, 6.07) is 18.6. The van der Waals surface area contributed by atoms with Crippen molar-refractivity contribution in [3.05, 3.63) is 104 Å². The van der Waals surface area contributed by atoms with Gasteiger partial charge in [-0.2, -0.15) is 0 Å². The summed E-state index contributed by atoms with van der Waals surface area (Å²) in [6.45, 7) is 13.7. The molecule has 12 heteroatoms. The summed E-state index contributed by atoms with van der Waals surface area (Å²) >= 11 is 7.60. The number of hydrogen-bond acceptors (Lipinski definition) is 10. The van der Waals surface area contributed by atoms with Crippen LogP contribution < -0.4 is 9.80 Å². The molecule has 1 aromatic carbocycles. The van der Waals surface area contributed by atoms with E-state index in [0.717, 1.165) is 105 Å². The number of morpholine rings is 4. The predicted molar refractivity (Wildman–Crippen MR) is 218 cm³/mol. The maximum absolute atomic E-state index is 5.68. The van der Waals surface area contributed by atoms with Crippen LogP contribution in [-0.2, 0) is 18.9 Å². The van der Waals surface area contributed by atoms with Gasteiger partial charge in [-0.25, -0.2) is 9.15 Å². The van der Waals surface area contributed by atoms with Crippen LogP contribution in [0.3, 0.4) is 0 Å². The third-order valence-corrected chi connectivity index (χ3v) is 14.7. The lowest BCUT2D eigenvalue weighted by molar-refractivity contribution is -0.546. The average Bonchev–Trinajstić information content (AvgIpc) is 4.06. The second-order valence-corrected chi connectivity index (χ2v) is 17.5. The zero-order valence-corrected chi connectivity index (χ0v) is 32.6. The maximum atomic E-state index is 5.68. The Balaban J connectivity index is 1.13. The first-order valence-electron chi connectivity index (χ1n) is 18.3. The highest BCUT2D eigenvalue weighted by molar-refractivity contribution is 8.18. The van der Waals surface area contributed by atoms with Gasteiger partial charge in [-0.3, -0.25) is 0 Å². The molecule has 0 radical (unpaired) electrons. The Morgan fingerprint density at radius 2 is 0.923 bits per heavy atom. The van der Waals surface area contributed by atoms with Gasteiger partial charge in [0.1, 0.15) is 26.4 Å². The van der Waals surface area contributed by atoms with Crippen LogP contribution in [0.5, 0.6) is 0 Å². The summed E-state index contributed by atoms with van der Waals surface area (Å²) in [7, 11) is 0. The second-order valence-electron chi connectivity index (χ2n) is 13.3. The molecule has 0 saturated carbocycles. The van der Waals surface area contributed by atoms with Gasteiger partial charge in [0.2, 0.25) is 10.1 Å². The molecule has 0 N–H and O–H groups in total. The van der Waals surface area contributed by atoms with Crippen LogP contribution in [0.4, 0.5) is 10.0 Å². The van der Waals surface area contributed by atoms with Gasteiger partial charge in [-0.15, -0.1) is 22.7 Å². The Labute approximate surface area is 322 Å². The summed E-state index contributed by atoms with van der Waals surface area (Å²) in [4.78, 5) is 10.1. The van der Waals surface area contributed by atoms with E-state index in [4.69, 9.17) is 18.9 Å². The fourth-order valence-corrected chi connectivity index (χ4v) is 12.0. The predicted octanol–water partition coefficient (Wildman–Crippen LogP) is 6.49. The van der Waals surface area contributed by atoms with Gasteiger partial charge in [0.25, 0.3) is 0 Å². The Morgan fingerprint density at radius 3 is 1.37 bits per heavy atom. The van der Waals surface area contributed by atoms with Gasteiger partial charge < -0.3 is 28.7 Å². The van der Waals surface area contributed by atoms with E-state index in [1.165, 1.54) is 61.9 Å². The summed E-state index contributed by atoms with van der Waals surface area (Å²) in [6.07, 6.45) is 9.28. The minimum atomic E-state index is 0.782. The highest BCUT2D eigenvalue weighted by atomic mass is 32.2. The molecule has 8 nitrogen and oxygen atoms in total. The minimum Gasteiger partial charge on any atom is -0.378 e. The molecule has 8 heterocycles. The zero-order valence-electron chi connectivity index (χ0n) is 29.3. The van der Waals surface area contributed by atoms with Crippen molar-refractivity contribution in [3.8, 4) is 0 Å². The summed E-state index contributed by atoms with van der Waals surface area (Å²) in [5.41, 5.74) is 5.09. The highest BCUT2D eigenvalue weighted by Gasteiger charge is 2.29. The molecule has 0 spiro atoms. The Bertz CT molecular complexity index is 1840. The number of benzene rings is 1. The summed E-state index contributed by atoms with van der Waals surface area (Å²) in [5, 5.41) is 5.25. The van der Waals surface area contributed by atoms with E-state index >= 15 is 0 Å². The van der Waals surface area contributed by atoms with Crippen molar-refractivity contribution in [3.63, 3.8) is 0 Å². The lowest BCUT2D eigenvalue weighted by atomic mass is 9.96. The molecule has 4 saturated heterocycles. The average molecular weight is 773 g/mol. The molecule has 0 aliphatic carbocycles. The topological polar surface area (TPSA) is 49.4 Å². The fraction of sp³-hybridized carbons (Fsp3) is 0.400. The molecule has 270 valence electrons. The van der Waals surface area contributed by atoms with Crippen molar-refractivity contribution < 1.29 is 28.1 Å². The van der Waals surface area contributed by atoms with Crippen molar-refractivity contribution >= 4 is 77.4 Å². The van der Waals surface area contributed by atoms with Crippen molar-refractivity contribution in [2.24, 2.45) is 0 Å². The first-order chi connectivity index (χ1) is 25.8. The van der Waals surface area contributed by atoms with Crippen LogP contribution in [0, 0.1) is 0 Å². The number of rotatable bonds is 6. The molecule has 0 unspecified atom stereocenters. The maximum Gasteiger partial charge on any atom is 0.239 e. The molecular weight excluding hydrogens is 729 g/mol. The molecular formula is C40H44N4O4S4+2. The third-order valence-electron chi connectivity index (χ3n) is 10.1. The first kappa shape index (κ1) is 34.8. The first-order valence-corrected chi connectivity index (χ1v) is 21.6. The van der Waals surface area contributed by atoms with Gasteiger partial charge in [-0.05, 0) is 77.1 Å². The number of ether oxygens (including phenoxy) is 4.